The van der Waals surface area contributed by atoms with E-state index in [1.54, 1.807) is 0 Å². The number of aromatic amines is 1. The van der Waals surface area contributed by atoms with Crippen molar-refractivity contribution in [2.45, 2.75) is 65.7 Å². The van der Waals surface area contributed by atoms with Crippen molar-refractivity contribution >= 4 is 11.8 Å². The number of hydrogen-bond donors (Lipinski definition) is 1. The molecule has 0 spiro atoms. The lowest BCUT2D eigenvalue weighted by Crippen LogP contribution is -2.52. The Kier molecular flexibility index (Phi) is 6.55. The highest BCUT2D eigenvalue weighted by atomic mass is 16.2. The van der Waals surface area contributed by atoms with Gasteiger partial charge in [0.15, 0.2) is 0 Å². The van der Waals surface area contributed by atoms with E-state index in [-0.39, 0.29) is 11.8 Å². The number of hydrogen-bond acceptors (Lipinski definition) is 3. The molecular formula is C21H34N4O2. The van der Waals surface area contributed by atoms with Crippen molar-refractivity contribution < 1.29 is 9.59 Å². The molecule has 2 fully saturated rings. The first-order valence-corrected chi connectivity index (χ1v) is 10.5. The smallest absolute Gasteiger partial charge is 0.225 e. The predicted octanol–water partition coefficient (Wildman–Crippen LogP) is 2.85. The topological polar surface area (TPSA) is 69.3 Å². The Morgan fingerprint density at radius 2 is 1.74 bits per heavy atom. The third-order valence-corrected chi connectivity index (χ3v) is 6.42. The van der Waals surface area contributed by atoms with Gasteiger partial charge in [-0.1, -0.05) is 19.8 Å². The molecule has 2 heterocycles. The molecule has 6 nitrogen and oxygen atoms in total. The van der Waals surface area contributed by atoms with Crippen LogP contribution in [-0.2, 0) is 16.0 Å². The van der Waals surface area contributed by atoms with Crippen molar-refractivity contribution in [2.24, 2.45) is 11.8 Å². The molecule has 27 heavy (non-hydrogen) atoms. The zero-order valence-electron chi connectivity index (χ0n) is 17.1. The zero-order chi connectivity index (χ0) is 19.4. The SMILES string of the molecule is Cc1n[nH]c(C)c1CCC(=O)N1CCN(C(=O)C2CCCC(C)CC2)CC1. The van der Waals surface area contributed by atoms with Crippen LogP contribution in [0, 0.1) is 25.7 Å². The minimum atomic E-state index is 0.186. The summed E-state index contributed by atoms with van der Waals surface area (Å²) in [5, 5.41) is 7.18. The van der Waals surface area contributed by atoms with Crippen LogP contribution >= 0.6 is 0 Å². The van der Waals surface area contributed by atoms with Gasteiger partial charge in [0, 0.05) is 44.2 Å². The Labute approximate surface area is 162 Å². The van der Waals surface area contributed by atoms with Crippen molar-refractivity contribution in [2.75, 3.05) is 26.2 Å². The van der Waals surface area contributed by atoms with Crippen molar-refractivity contribution in [1.29, 1.82) is 0 Å². The Hall–Kier alpha value is -1.85. The minimum absolute atomic E-state index is 0.186. The molecule has 1 aliphatic heterocycles. The standard InChI is InChI=1S/C21H34N4O2/c1-15-5-4-6-18(8-7-15)21(27)25-13-11-24(12-14-25)20(26)10-9-19-16(2)22-23-17(19)3/h15,18H,4-14H2,1-3H3,(H,22,23). The average molecular weight is 375 g/mol. The average Bonchev–Trinajstić information content (AvgIpc) is 2.85. The Balaban J connectivity index is 1.45. The van der Waals surface area contributed by atoms with Crippen LogP contribution in [0.4, 0.5) is 0 Å². The number of nitrogens with zero attached hydrogens (tertiary/aromatic N) is 3. The molecule has 1 aromatic rings. The highest BCUT2D eigenvalue weighted by Crippen LogP contribution is 2.28. The molecule has 2 amide bonds. The summed E-state index contributed by atoms with van der Waals surface area (Å²) in [6, 6.07) is 0. The second-order valence-corrected chi connectivity index (χ2v) is 8.43. The molecule has 2 aliphatic rings. The van der Waals surface area contributed by atoms with Crippen molar-refractivity contribution in [1.82, 2.24) is 20.0 Å². The first-order chi connectivity index (χ1) is 13.0. The lowest BCUT2D eigenvalue weighted by Gasteiger charge is -2.36. The van der Waals surface area contributed by atoms with E-state index in [9.17, 15) is 9.59 Å². The van der Waals surface area contributed by atoms with E-state index in [4.69, 9.17) is 0 Å². The largest absolute Gasteiger partial charge is 0.339 e. The van der Waals surface area contributed by atoms with Gasteiger partial charge < -0.3 is 9.80 Å². The molecule has 0 aromatic carbocycles. The maximum Gasteiger partial charge on any atom is 0.225 e. The van der Waals surface area contributed by atoms with E-state index < -0.39 is 0 Å². The first-order valence-electron chi connectivity index (χ1n) is 10.5. The normalized spacial score (nSPS) is 24.0. The van der Waals surface area contributed by atoms with E-state index in [1.807, 2.05) is 23.6 Å². The third kappa shape index (κ3) is 4.90. The monoisotopic (exact) mass is 374 g/mol. The summed E-state index contributed by atoms with van der Waals surface area (Å²) in [5.74, 6) is 1.45. The molecule has 0 bridgehead atoms. The highest BCUT2D eigenvalue weighted by Gasteiger charge is 2.30. The second-order valence-electron chi connectivity index (χ2n) is 8.43. The zero-order valence-corrected chi connectivity index (χ0v) is 17.1. The van der Waals surface area contributed by atoms with Crippen LogP contribution in [0.1, 0.15) is 62.4 Å². The van der Waals surface area contributed by atoms with Crippen LogP contribution in [0.15, 0.2) is 0 Å². The predicted molar refractivity (Wildman–Crippen MR) is 105 cm³/mol. The first kappa shape index (κ1) is 19.9. The maximum atomic E-state index is 12.9. The fourth-order valence-corrected chi connectivity index (χ4v) is 4.50. The number of amides is 2. The fourth-order valence-electron chi connectivity index (χ4n) is 4.50. The van der Waals surface area contributed by atoms with E-state index in [0.29, 0.717) is 38.5 Å². The molecule has 1 saturated carbocycles. The summed E-state index contributed by atoms with van der Waals surface area (Å²) >= 11 is 0. The van der Waals surface area contributed by atoms with Gasteiger partial charge in [0.1, 0.15) is 0 Å². The van der Waals surface area contributed by atoms with Gasteiger partial charge in [0.2, 0.25) is 11.8 Å². The third-order valence-electron chi connectivity index (χ3n) is 6.42. The summed E-state index contributed by atoms with van der Waals surface area (Å²) in [6.45, 7) is 8.96. The molecule has 150 valence electrons. The molecule has 1 aromatic heterocycles. The minimum Gasteiger partial charge on any atom is -0.339 e. The number of nitrogens with one attached hydrogen (secondary N) is 1. The second kappa shape index (κ2) is 8.89. The Morgan fingerprint density at radius 1 is 1.04 bits per heavy atom. The van der Waals surface area contributed by atoms with Crippen LogP contribution in [0.25, 0.3) is 0 Å². The van der Waals surface area contributed by atoms with Crippen LogP contribution in [0.5, 0.6) is 0 Å². The lowest BCUT2D eigenvalue weighted by molar-refractivity contribution is -0.142. The van der Waals surface area contributed by atoms with Gasteiger partial charge in [-0.05, 0) is 51.0 Å². The van der Waals surface area contributed by atoms with E-state index >= 15 is 0 Å². The molecule has 1 N–H and O–H groups in total. The van der Waals surface area contributed by atoms with Gasteiger partial charge >= 0.3 is 0 Å². The number of carbonyl (C=O) groups is 2. The summed E-state index contributed by atoms with van der Waals surface area (Å²) in [4.78, 5) is 29.3. The van der Waals surface area contributed by atoms with Crippen LogP contribution < -0.4 is 0 Å². The van der Waals surface area contributed by atoms with Crippen molar-refractivity contribution in [3.05, 3.63) is 17.0 Å². The van der Waals surface area contributed by atoms with E-state index in [0.717, 1.165) is 42.1 Å². The lowest BCUT2D eigenvalue weighted by atomic mass is 9.97. The highest BCUT2D eigenvalue weighted by molar-refractivity contribution is 5.80. The van der Waals surface area contributed by atoms with Gasteiger partial charge in [-0.15, -0.1) is 0 Å². The van der Waals surface area contributed by atoms with Crippen LogP contribution in [-0.4, -0.2) is 58.0 Å². The molecule has 6 heteroatoms. The van der Waals surface area contributed by atoms with Crippen LogP contribution in [0.2, 0.25) is 0 Å². The molecule has 0 radical (unpaired) electrons. The van der Waals surface area contributed by atoms with E-state index in [2.05, 4.69) is 17.1 Å². The number of H-pyrrole nitrogens is 1. The maximum absolute atomic E-state index is 12.9. The molecular weight excluding hydrogens is 340 g/mol. The van der Waals surface area contributed by atoms with E-state index in [1.165, 1.54) is 19.3 Å². The molecule has 3 rings (SSSR count). The molecule has 2 unspecified atom stereocenters. The van der Waals surface area contributed by atoms with Gasteiger partial charge in [-0.3, -0.25) is 14.7 Å². The fraction of sp³-hybridized carbons (Fsp3) is 0.762. The van der Waals surface area contributed by atoms with Gasteiger partial charge in [0.05, 0.1) is 5.69 Å². The summed E-state index contributed by atoms with van der Waals surface area (Å²) in [6.07, 6.45) is 6.89. The summed E-state index contributed by atoms with van der Waals surface area (Å²) in [5.41, 5.74) is 3.18. The molecule has 2 atom stereocenters. The number of carbonyl (C=O) groups excluding carboxylic acids is 2. The van der Waals surface area contributed by atoms with Gasteiger partial charge in [-0.2, -0.15) is 5.10 Å². The number of aromatic nitrogens is 2. The summed E-state index contributed by atoms with van der Waals surface area (Å²) in [7, 11) is 0. The quantitative estimate of drug-likeness (QED) is 0.824. The van der Waals surface area contributed by atoms with Crippen molar-refractivity contribution in [3.8, 4) is 0 Å². The van der Waals surface area contributed by atoms with Crippen molar-refractivity contribution in [3.63, 3.8) is 0 Å². The number of aryl methyl sites for hydroxylation is 2. The van der Waals surface area contributed by atoms with Gasteiger partial charge in [-0.25, -0.2) is 0 Å². The molecule has 1 aliphatic carbocycles. The Morgan fingerprint density at radius 3 is 2.41 bits per heavy atom. The van der Waals surface area contributed by atoms with Gasteiger partial charge in [0.25, 0.3) is 0 Å². The number of piperazine rings is 1. The number of rotatable bonds is 4. The summed E-state index contributed by atoms with van der Waals surface area (Å²) < 4.78 is 0. The Bertz CT molecular complexity index is 642. The van der Waals surface area contributed by atoms with Crippen LogP contribution in [0.3, 0.4) is 0 Å². The molecule has 1 saturated heterocycles.